The predicted molar refractivity (Wildman–Crippen MR) is 109 cm³/mol. The lowest BCUT2D eigenvalue weighted by atomic mass is 10.2. The number of hydrogen-bond donors (Lipinski definition) is 1. The number of ether oxygens (including phenoxy) is 2. The van der Waals surface area contributed by atoms with Crippen LogP contribution in [0.5, 0.6) is 5.75 Å². The van der Waals surface area contributed by atoms with Crippen molar-refractivity contribution >= 4 is 21.9 Å². The first-order chi connectivity index (χ1) is 14.8. The van der Waals surface area contributed by atoms with Gasteiger partial charge >= 0.3 is 5.97 Å². The fraction of sp³-hybridized carbons (Fsp3) is 0.333. The molecule has 0 aliphatic carbocycles. The first kappa shape index (κ1) is 22.7. The molecule has 2 aromatic rings. The average molecular weight is 450 g/mol. The van der Waals surface area contributed by atoms with Gasteiger partial charge in [0.1, 0.15) is 23.1 Å². The van der Waals surface area contributed by atoms with Gasteiger partial charge in [-0.15, -0.1) is 0 Å². The van der Waals surface area contributed by atoms with Gasteiger partial charge in [-0.25, -0.2) is 17.6 Å². The van der Waals surface area contributed by atoms with Gasteiger partial charge in [-0.2, -0.15) is 4.31 Å². The number of nitrogens with zero attached hydrogens (tertiary/aromatic N) is 1. The second kappa shape index (κ2) is 9.88. The molecule has 0 radical (unpaired) electrons. The van der Waals surface area contributed by atoms with Crippen LogP contribution in [0.4, 0.5) is 4.39 Å². The number of nitrogens with two attached hydrogens (primary N) is 1. The smallest absolute Gasteiger partial charge is 0.338 e. The molecule has 8 nitrogen and oxygen atoms in total. The van der Waals surface area contributed by atoms with Crippen LogP contribution in [0.15, 0.2) is 47.4 Å². The van der Waals surface area contributed by atoms with E-state index in [-0.39, 0.29) is 18.8 Å². The molecule has 1 fully saturated rings. The first-order valence-corrected chi connectivity index (χ1v) is 11.2. The van der Waals surface area contributed by atoms with Crippen LogP contribution in [-0.2, 0) is 26.2 Å². The van der Waals surface area contributed by atoms with E-state index in [1.165, 1.54) is 10.4 Å². The Labute approximate surface area is 179 Å². The number of piperidine rings is 1. The number of benzene rings is 2. The van der Waals surface area contributed by atoms with Crippen molar-refractivity contribution in [2.75, 3.05) is 19.7 Å². The molecule has 0 unspecified atom stereocenters. The van der Waals surface area contributed by atoms with Crippen LogP contribution in [0, 0.1) is 5.82 Å². The van der Waals surface area contributed by atoms with Crippen molar-refractivity contribution in [3.63, 3.8) is 0 Å². The van der Waals surface area contributed by atoms with E-state index in [2.05, 4.69) is 0 Å². The second-order valence-corrected chi connectivity index (χ2v) is 8.99. The number of carbonyl (C=O) groups excluding carboxylic acids is 2. The van der Waals surface area contributed by atoms with Crippen molar-refractivity contribution in [3.8, 4) is 5.75 Å². The maximum Gasteiger partial charge on any atom is 0.338 e. The highest BCUT2D eigenvalue weighted by atomic mass is 32.2. The predicted octanol–water partition coefficient (Wildman–Crippen LogP) is 2.22. The summed E-state index contributed by atoms with van der Waals surface area (Å²) in [6.45, 7) is 0.237. The van der Waals surface area contributed by atoms with Gasteiger partial charge in [0.05, 0.1) is 5.56 Å². The van der Waals surface area contributed by atoms with Crippen molar-refractivity contribution in [2.24, 2.45) is 5.73 Å². The van der Waals surface area contributed by atoms with Crippen LogP contribution in [0.3, 0.4) is 0 Å². The highest BCUT2D eigenvalue weighted by molar-refractivity contribution is 7.89. The molecule has 0 saturated carbocycles. The molecule has 3 rings (SSSR count). The maximum atomic E-state index is 14.3. The van der Waals surface area contributed by atoms with E-state index < -0.39 is 32.6 Å². The molecule has 166 valence electrons. The molecule has 1 aliphatic heterocycles. The Morgan fingerprint density at radius 3 is 2.52 bits per heavy atom. The van der Waals surface area contributed by atoms with Crippen molar-refractivity contribution in [2.45, 2.75) is 30.8 Å². The van der Waals surface area contributed by atoms with Crippen molar-refractivity contribution in [3.05, 3.63) is 59.4 Å². The quantitative estimate of drug-likeness (QED) is 0.617. The molecule has 31 heavy (non-hydrogen) atoms. The van der Waals surface area contributed by atoms with Crippen molar-refractivity contribution in [1.82, 2.24) is 4.31 Å². The van der Waals surface area contributed by atoms with Crippen LogP contribution < -0.4 is 10.5 Å². The summed E-state index contributed by atoms with van der Waals surface area (Å²) < 4.78 is 51.6. The lowest BCUT2D eigenvalue weighted by Crippen LogP contribution is -2.36. The molecule has 0 atom stereocenters. The minimum atomic E-state index is -4.04. The largest absolute Gasteiger partial charge is 0.484 e. The number of sulfonamides is 1. The van der Waals surface area contributed by atoms with Gasteiger partial charge in [-0.1, -0.05) is 18.6 Å². The summed E-state index contributed by atoms with van der Waals surface area (Å²) in [6, 6.07) is 9.67. The van der Waals surface area contributed by atoms with Crippen LogP contribution in [0.1, 0.15) is 35.2 Å². The first-order valence-electron chi connectivity index (χ1n) is 9.74. The van der Waals surface area contributed by atoms with Gasteiger partial charge in [0.2, 0.25) is 10.0 Å². The molecule has 10 heteroatoms. The Balaban J connectivity index is 1.71. The van der Waals surface area contributed by atoms with E-state index in [0.29, 0.717) is 37.2 Å². The van der Waals surface area contributed by atoms with E-state index in [1.54, 1.807) is 24.3 Å². The van der Waals surface area contributed by atoms with E-state index in [9.17, 15) is 22.4 Å². The number of carbonyl (C=O) groups is 2. The van der Waals surface area contributed by atoms with E-state index in [4.69, 9.17) is 15.2 Å². The van der Waals surface area contributed by atoms with Gasteiger partial charge in [0.15, 0.2) is 6.61 Å². The third kappa shape index (κ3) is 5.80. The number of hydrogen-bond acceptors (Lipinski definition) is 6. The lowest BCUT2D eigenvalue weighted by molar-refractivity contribution is -0.119. The monoisotopic (exact) mass is 450 g/mol. The highest BCUT2D eigenvalue weighted by Gasteiger charge is 2.29. The van der Waals surface area contributed by atoms with Crippen LogP contribution in [0.2, 0.25) is 0 Å². The Bertz CT molecular complexity index is 1070. The van der Waals surface area contributed by atoms with Crippen LogP contribution >= 0.6 is 0 Å². The SMILES string of the molecule is NC(=O)COc1cccc(COC(=O)c2ccc(F)c(S(=O)(=O)N3CCCCC3)c2)c1. The summed E-state index contributed by atoms with van der Waals surface area (Å²) in [5.74, 6) is -1.95. The molecule has 1 amide bonds. The summed E-state index contributed by atoms with van der Waals surface area (Å²) in [4.78, 5) is 22.7. The number of halogens is 1. The third-order valence-electron chi connectivity index (χ3n) is 4.75. The average Bonchev–Trinajstić information content (AvgIpc) is 2.77. The molecular formula is C21H23FN2O6S. The van der Waals surface area contributed by atoms with E-state index in [1.807, 2.05) is 0 Å². The fourth-order valence-electron chi connectivity index (χ4n) is 3.18. The number of amides is 1. The molecule has 0 aromatic heterocycles. The van der Waals surface area contributed by atoms with Crippen molar-refractivity contribution in [1.29, 1.82) is 0 Å². The maximum absolute atomic E-state index is 14.3. The summed E-state index contributed by atoms with van der Waals surface area (Å²) in [5, 5.41) is 0. The summed E-state index contributed by atoms with van der Waals surface area (Å²) in [5.41, 5.74) is 5.55. The Hall–Kier alpha value is -2.98. The molecular weight excluding hydrogens is 427 g/mol. The summed E-state index contributed by atoms with van der Waals surface area (Å²) in [7, 11) is -4.04. The van der Waals surface area contributed by atoms with E-state index >= 15 is 0 Å². The number of rotatable bonds is 8. The van der Waals surface area contributed by atoms with Gasteiger partial charge < -0.3 is 15.2 Å². The lowest BCUT2D eigenvalue weighted by Gasteiger charge is -2.26. The molecule has 1 heterocycles. The topological polar surface area (TPSA) is 116 Å². The van der Waals surface area contributed by atoms with Gasteiger partial charge in [0, 0.05) is 13.1 Å². The third-order valence-corrected chi connectivity index (χ3v) is 6.66. The number of esters is 1. The molecule has 2 aromatic carbocycles. The standard InChI is InChI=1S/C21H23FN2O6S/c22-18-8-7-16(12-19(18)31(27,28)24-9-2-1-3-10-24)21(26)30-13-15-5-4-6-17(11-15)29-14-20(23)25/h4-8,11-12H,1-3,9-10,13-14H2,(H2,23,25). The molecule has 1 aliphatic rings. The Morgan fingerprint density at radius 2 is 1.81 bits per heavy atom. The minimum absolute atomic E-state index is 0.0712. The van der Waals surface area contributed by atoms with Crippen molar-refractivity contribution < 1.29 is 31.9 Å². The van der Waals surface area contributed by atoms with Gasteiger partial charge in [-0.05, 0) is 48.7 Å². The molecule has 0 spiro atoms. The summed E-state index contributed by atoms with van der Waals surface area (Å²) in [6.07, 6.45) is 2.35. The summed E-state index contributed by atoms with van der Waals surface area (Å²) >= 11 is 0. The Morgan fingerprint density at radius 1 is 1.06 bits per heavy atom. The second-order valence-electron chi connectivity index (χ2n) is 7.09. The highest BCUT2D eigenvalue weighted by Crippen LogP contribution is 2.24. The molecule has 1 saturated heterocycles. The minimum Gasteiger partial charge on any atom is -0.484 e. The number of primary amides is 1. The van der Waals surface area contributed by atoms with Gasteiger partial charge in [0.25, 0.3) is 5.91 Å². The van der Waals surface area contributed by atoms with Gasteiger partial charge in [-0.3, -0.25) is 4.79 Å². The zero-order chi connectivity index (χ0) is 22.4. The van der Waals surface area contributed by atoms with E-state index in [0.717, 1.165) is 18.6 Å². The normalized spacial score (nSPS) is 14.7. The van der Waals surface area contributed by atoms with Crippen LogP contribution in [-0.4, -0.2) is 44.3 Å². The van der Waals surface area contributed by atoms with Crippen LogP contribution in [0.25, 0.3) is 0 Å². The fourth-order valence-corrected chi connectivity index (χ4v) is 4.79. The zero-order valence-corrected chi connectivity index (χ0v) is 17.6. The molecule has 2 N–H and O–H groups in total. The Kier molecular flexibility index (Phi) is 7.24. The zero-order valence-electron chi connectivity index (χ0n) is 16.8. The molecule has 0 bridgehead atoms.